The highest BCUT2D eigenvalue weighted by atomic mass is 19.1. The molecule has 2 heterocycles. The largest absolute Gasteiger partial charge is 0.369 e. The standard InChI is InChI=1S/C23H30FN5O/c1-28(19-8-3-2-4-9-19)21-11-10-18(15-20(21)24)27-22(30)17-7-5-14-29(16-17)23-25-12-6-13-26-23/h6,10-13,15,17,19H,2-5,7-9,14,16H2,1H3,(H,27,30)/t17-/m0/s1. The number of carbonyl (C=O) groups is 1. The number of nitrogens with zero attached hydrogens (tertiary/aromatic N) is 4. The molecule has 30 heavy (non-hydrogen) atoms. The zero-order chi connectivity index (χ0) is 20.9. The summed E-state index contributed by atoms with van der Waals surface area (Å²) in [6.07, 6.45) is 11.0. The van der Waals surface area contributed by atoms with Crippen LogP contribution in [0.3, 0.4) is 0 Å². The van der Waals surface area contributed by atoms with Gasteiger partial charge in [0, 0.05) is 44.3 Å². The Morgan fingerprint density at radius 1 is 1.13 bits per heavy atom. The molecule has 6 nitrogen and oxygen atoms in total. The van der Waals surface area contributed by atoms with Gasteiger partial charge in [-0.1, -0.05) is 19.3 Å². The second-order valence-electron chi connectivity index (χ2n) is 8.39. The van der Waals surface area contributed by atoms with E-state index in [-0.39, 0.29) is 17.6 Å². The van der Waals surface area contributed by atoms with Gasteiger partial charge >= 0.3 is 0 Å². The maximum atomic E-state index is 14.8. The van der Waals surface area contributed by atoms with E-state index in [0.717, 1.165) is 32.2 Å². The quantitative estimate of drug-likeness (QED) is 0.797. The van der Waals surface area contributed by atoms with Gasteiger partial charge in [0.1, 0.15) is 5.82 Å². The summed E-state index contributed by atoms with van der Waals surface area (Å²) in [5.74, 6) is 0.110. The fourth-order valence-corrected chi connectivity index (χ4v) is 4.61. The van der Waals surface area contributed by atoms with Gasteiger partial charge in [0.25, 0.3) is 0 Å². The SMILES string of the molecule is CN(c1ccc(NC(=O)[C@H]2CCCN(c3ncccn3)C2)cc1F)C1CCCCC1. The highest BCUT2D eigenvalue weighted by Gasteiger charge is 2.27. The first-order valence-electron chi connectivity index (χ1n) is 11.0. The molecule has 1 aliphatic carbocycles. The number of carbonyl (C=O) groups excluding carboxylic acids is 1. The summed E-state index contributed by atoms with van der Waals surface area (Å²) in [5, 5.41) is 2.91. The molecule has 0 unspecified atom stereocenters. The van der Waals surface area contributed by atoms with Crippen LogP contribution in [0.4, 0.5) is 21.7 Å². The van der Waals surface area contributed by atoms with Crippen molar-refractivity contribution in [3.05, 3.63) is 42.5 Å². The minimum Gasteiger partial charge on any atom is -0.369 e. The molecule has 7 heteroatoms. The van der Waals surface area contributed by atoms with Gasteiger partial charge in [0.2, 0.25) is 11.9 Å². The normalized spacial score (nSPS) is 20.1. The zero-order valence-electron chi connectivity index (χ0n) is 17.6. The van der Waals surface area contributed by atoms with E-state index in [1.165, 1.54) is 25.3 Å². The Balaban J connectivity index is 1.39. The van der Waals surface area contributed by atoms with Gasteiger partial charge in [-0.15, -0.1) is 0 Å². The molecular weight excluding hydrogens is 381 g/mol. The molecule has 0 radical (unpaired) electrons. The summed E-state index contributed by atoms with van der Waals surface area (Å²) in [4.78, 5) is 25.5. The zero-order valence-corrected chi connectivity index (χ0v) is 17.6. The summed E-state index contributed by atoms with van der Waals surface area (Å²) < 4.78 is 14.8. The van der Waals surface area contributed by atoms with Gasteiger partial charge in [-0.25, -0.2) is 14.4 Å². The third-order valence-corrected chi connectivity index (χ3v) is 6.34. The van der Waals surface area contributed by atoms with E-state index in [9.17, 15) is 9.18 Å². The monoisotopic (exact) mass is 411 g/mol. The van der Waals surface area contributed by atoms with Crippen LogP contribution in [0.1, 0.15) is 44.9 Å². The van der Waals surface area contributed by atoms with Crippen LogP contribution in [0.5, 0.6) is 0 Å². The van der Waals surface area contributed by atoms with Crippen molar-refractivity contribution >= 4 is 23.2 Å². The highest BCUT2D eigenvalue weighted by molar-refractivity contribution is 5.93. The number of halogens is 1. The van der Waals surface area contributed by atoms with Crippen LogP contribution in [0.2, 0.25) is 0 Å². The van der Waals surface area contributed by atoms with E-state index in [1.807, 2.05) is 11.9 Å². The molecule has 2 aliphatic rings. The fourth-order valence-electron chi connectivity index (χ4n) is 4.61. The molecule has 0 spiro atoms. The summed E-state index contributed by atoms with van der Waals surface area (Å²) in [7, 11) is 1.97. The van der Waals surface area contributed by atoms with Crippen LogP contribution in [0, 0.1) is 11.7 Å². The van der Waals surface area contributed by atoms with E-state index >= 15 is 0 Å². The maximum Gasteiger partial charge on any atom is 0.229 e. The van der Waals surface area contributed by atoms with Crippen molar-refractivity contribution in [3.8, 4) is 0 Å². The van der Waals surface area contributed by atoms with Gasteiger partial charge in [0.05, 0.1) is 11.6 Å². The van der Waals surface area contributed by atoms with E-state index < -0.39 is 0 Å². The van der Waals surface area contributed by atoms with E-state index in [2.05, 4.69) is 20.2 Å². The number of aromatic nitrogens is 2. The van der Waals surface area contributed by atoms with Crippen molar-refractivity contribution in [2.24, 2.45) is 5.92 Å². The highest BCUT2D eigenvalue weighted by Crippen LogP contribution is 2.29. The van der Waals surface area contributed by atoms with Gasteiger partial charge in [-0.2, -0.15) is 0 Å². The minimum atomic E-state index is -0.288. The number of rotatable bonds is 5. The summed E-state index contributed by atoms with van der Waals surface area (Å²) in [6.45, 7) is 1.41. The van der Waals surface area contributed by atoms with E-state index in [4.69, 9.17) is 0 Å². The molecule has 2 fully saturated rings. The Labute approximate surface area is 177 Å². The van der Waals surface area contributed by atoms with Crippen LogP contribution in [-0.4, -0.2) is 42.1 Å². The predicted molar refractivity (Wildman–Crippen MR) is 117 cm³/mol. The molecule has 1 saturated carbocycles. The Bertz CT molecular complexity index is 856. The molecule has 1 N–H and O–H groups in total. The second-order valence-corrected chi connectivity index (χ2v) is 8.39. The molecule has 0 bridgehead atoms. The average Bonchev–Trinajstić information content (AvgIpc) is 2.80. The molecule has 1 aromatic carbocycles. The van der Waals surface area contributed by atoms with E-state index in [0.29, 0.717) is 29.9 Å². The van der Waals surface area contributed by atoms with Crippen molar-refractivity contribution in [2.45, 2.75) is 51.0 Å². The van der Waals surface area contributed by atoms with Gasteiger partial charge in [-0.05, 0) is 49.9 Å². The van der Waals surface area contributed by atoms with Crippen LogP contribution in [0.25, 0.3) is 0 Å². The number of amides is 1. The van der Waals surface area contributed by atoms with Gasteiger partial charge in [0.15, 0.2) is 0 Å². The number of hydrogen-bond donors (Lipinski definition) is 1. The van der Waals surface area contributed by atoms with Crippen molar-refractivity contribution in [2.75, 3.05) is 35.3 Å². The van der Waals surface area contributed by atoms with Crippen LogP contribution in [0.15, 0.2) is 36.7 Å². The topological polar surface area (TPSA) is 61.4 Å². The Morgan fingerprint density at radius 3 is 2.63 bits per heavy atom. The molecule has 160 valence electrons. The van der Waals surface area contributed by atoms with Gasteiger partial charge < -0.3 is 15.1 Å². The van der Waals surface area contributed by atoms with Crippen molar-refractivity contribution in [1.29, 1.82) is 0 Å². The Morgan fingerprint density at radius 2 is 1.90 bits per heavy atom. The minimum absolute atomic E-state index is 0.0802. The summed E-state index contributed by atoms with van der Waals surface area (Å²) >= 11 is 0. The molecule has 1 atom stereocenters. The molecule has 2 aromatic rings. The smallest absolute Gasteiger partial charge is 0.229 e. The molecule has 1 amide bonds. The second kappa shape index (κ2) is 9.41. The third-order valence-electron chi connectivity index (χ3n) is 6.34. The van der Waals surface area contributed by atoms with Crippen LogP contribution in [-0.2, 0) is 4.79 Å². The lowest BCUT2D eigenvalue weighted by molar-refractivity contribution is -0.120. The average molecular weight is 412 g/mol. The number of benzene rings is 1. The van der Waals surface area contributed by atoms with Crippen molar-refractivity contribution in [3.63, 3.8) is 0 Å². The lowest BCUT2D eigenvalue weighted by atomic mass is 9.94. The number of hydrogen-bond acceptors (Lipinski definition) is 5. The first kappa shape index (κ1) is 20.6. The van der Waals surface area contributed by atoms with Crippen molar-refractivity contribution in [1.82, 2.24) is 9.97 Å². The first-order chi connectivity index (χ1) is 14.6. The van der Waals surface area contributed by atoms with Gasteiger partial charge in [-0.3, -0.25) is 4.79 Å². The van der Waals surface area contributed by atoms with Crippen LogP contribution < -0.4 is 15.1 Å². The number of piperidine rings is 1. The van der Waals surface area contributed by atoms with Crippen LogP contribution >= 0.6 is 0 Å². The Kier molecular flexibility index (Phi) is 6.45. The molecule has 1 aromatic heterocycles. The lowest BCUT2D eigenvalue weighted by Gasteiger charge is -2.33. The predicted octanol–water partition coefficient (Wildman–Crippen LogP) is 4.24. The lowest BCUT2D eigenvalue weighted by Crippen LogP contribution is -2.41. The number of anilines is 3. The summed E-state index contributed by atoms with van der Waals surface area (Å²) in [5.41, 5.74) is 1.11. The molecule has 1 aliphatic heterocycles. The number of nitrogens with one attached hydrogen (secondary N) is 1. The molecule has 1 saturated heterocycles. The molecule has 4 rings (SSSR count). The van der Waals surface area contributed by atoms with E-state index in [1.54, 1.807) is 30.6 Å². The third kappa shape index (κ3) is 4.71. The maximum absolute atomic E-state index is 14.8. The summed E-state index contributed by atoms with van der Waals surface area (Å²) in [6, 6.07) is 7.19. The first-order valence-corrected chi connectivity index (χ1v) is 11.0. The Hall–Kier alpha value is -2.70. The van der Waals surface area contributed by atoms with Crippen molar-refractivity contribution < 1.29 is 9.18 Å². The fraction of sp³-hybridized carbons (Fsp3) is 0.522. The molecular formula is C23H30FN5O.